The summed E-state index contributed by atoms with van der Waals surface area (Å²) >= 11 is 13.8. The van der Waals surface area contributed by atoms with E-state index >= 15 is 0 Å². The summed E-state index contributed by atoms with van der Waals surface area (Å²) in [7, 11) is 0. The first-order valence-electron chi connectivity index (χ1n) is 5.96. The summed E-state index contributed by atoms with van der Waals surface area (Å²) in [5, 5.41) is 12.4. The number of rotatable bonds is 5. The summed E-state index contributed by atoms with van der Waals surface area (Å²) in [4.78, 5) is 23.4. The van der Waals surface area contributed by atoms with Gasteiger partial charge in [0.05, 0.1) is 10.6 Å². The highest BCUT2D eigenvalue weighted by Gasteiger charge is 2.26. The van der Waals surface area contributed by atoms with Crippen LogP contribution in [0.5, 0.6) is 0 Å². The summed E-state index contributed by atoms with van der Waals surface area (Å²) in [5.41, 5.74) is 0.276. The highest BCUT2D eigenvalue weighted by molar-refractivity contribution is 14.1. The van der Waals surface area contributed by atoms with Gasteiger partial charge in [0.2, 0.25) is 0 Å². The summed E-state index contributed by atoms with van der Waals surface area (Å²) in [5.74, 6) is -1.73. The molecule has 0 bridgehead atoms. The van der Waals surface area contributed by atoms with Gasteiger partial charge in [0, 0.05) is 8.59 Å². The number of nitrogens with one attached hydrogen (secondary N) is 1. The van der Waals surface area contributed by atoms with Crippen molar-refractivity contribution in [3.8, 4) is 0 Å². The first kappa shape index (κ1) is 17.5. The SMILES string of the molecule is CCC(C)C(NC(=O)c1cc(Cl)cc(Cl)c1I)C(=O)O. The van der Waals surface area contributed by atoms with Gasteiger partial charge >= 0.3 is 5.97 Å². The minimum Gasteiger partial charge on any atom is -0.480 e. The van der Waals surface area contributed by atoms with E-state index in [1.807, 2.05) is 29.5 Å². The second kappa shape index (κ2) is 7.47. The minimum absolute atomic E-state index is 0.177. The van der Waals surface area contributed by atoms with E-state index in [1.54, 1.807) is 6.92 Å². The number of aliphatic carboxylic acids is 1. The second-order valence-corrected chi connectivity index (χ2v) is 6.35. The Hall–Kier alpha value is -0.530. The molecular formula is C13H14Cl2INO3. The molecule has 0 saturated carbocycles. The maximum absolute atomic E-state index is 12.2. The van der Waals surface area contributed by atoms with Crippen molar-refractivity contribution in [3.63, 3.8) is 0 Å². The number of halogens is 3. The lowest BCUT2D eigenvalue weighted by Gasteiger charge is -2.20. The highest BCUT2D eigenvalue weighted by atomic mass is 127. The number of carboxylic acid groups (broad SMARTS) is 1. The molecule has 2 atom stereocenters. The maximum Gasteiger partial charge on any atom is 0.326 e. The minimum atomic E-state index is -1.06. The lowest BCUT2D eigenvalue weighted by atomic mass is 9.99. The molecule has 1 amide bonds. The van der Waals surface area contributed by atoms with Crippen molar-refractivity contribution in [2.45, 2.75) is 26.3 Å². The molecule has 0 saturated heterocycles. The van der Waals surface area contributed by atoms with Crippen LogP contribution in [0.3, 0.4) is 0 Å². The Bertz CT molecular complexity index is 537. The van der Waals surface area contributed by atoms with Gasteiger partial charge in [-0.2, -0.15) is 0 Å². The molecule has 0 aromatic heterocycles. The predicted octanol–water partition coefficient (Wildman–Crippen LogP) is 3.83. The maximum atomic E-state index is 12.2. The summed E-state index contributed by atoms with van der Waals surface area (Å²) in [6.45, 7) is 3.64. The molecule has 0 spiro atoms. The number of hydrogen-bond donors (Lipinski definition) is 2. The second-order valence-electron chi connectivity index (χ2n) is 4.42. The fraction of sp³-hybridized carbons (Fsp3) is 0.385. The molecule has 0 fully saturated rings. The number of hydrogen-bond acceptors (Lipinski definition) is 2. The predicted molar refractivity (Wildman–Crippen MR) is 87.5 cm³/mol. The average molecular weight is 430 g/mol. The summed E-state index contributed by atoms with van der Waals surface area (Å²) in [6.07, 6.45) is 0.643. The van der Waals surface area contributed by atoms with Crippen LogP contribution in [0.2, 0.25) is 10.0 Å². The zero-order valence-corrected chi connectivity index (χ0v) is 14.6. The molecular weight excluding hydrogens is 416 g/mol. The Morgan fingerprint density at radius 2 is 2.00 bits per heavy atom. The highest BCUT2D eigenvalue weighted by Crippen LogP contribution is 2.27. The first-order chi connectivity index (χ1) is 9.27. The van der Waals surface area contributed by atoms with Gasteiger partial charge in [0.1, 0.15) is 6.04 Å². The zero-order chi connectivity index (χ0) is 15.4. The molecule has 0 heterocycles. The smallest absolute Gasteiger partial charge is 0.326 e. The Morgan fingerprint density at radius 1 is 1.40 bits per heavy atom. The molecule has 0 radical (unpaired) electrons. The molecule has 2 unspecified atom stereocenters. The van der Waals surface area contributed by atoms with Gasteiger partial charge in [0.15, 0.2) is 0 Å². The standard InChI is InChI=1S/C13H14Cl2INO3/c1-3-6(2)11(13(19)20)17-12(18)8-4-7(14)5-9(15)10(8)16/h4-6,11H,3H2,1-2H3,(H,17,18)(H,19,20). The van der Waals surface area contributed by atoms with E-state index in [-0.39, 0.29) is 11.5 Å². The van der Waals surface area contributed by atoms with Crippen LogP contribution >= 0.6 is 45.8 Å². The van der Waals surface area contributed by atoms with Crippen LogP contribution in [0, 0.1) is 9.49 Å². The van der Waals surface area contributed by atoms with Gasteiger partial charge in [0.25, 0.3) is 5.91 Å². The van der Waals surface area contributed by atoms with Crippen LogP contribution in [-0.4, -0.2) is 23.0 Å². The van der Waals surface area contributed by atoms with E-state index in [0.29, 0.717) is 20.0 Å². The van der Waals surface area contributed by atoms with Gasteiger partial charge in [-0.3, -0.25) is 4.79 Å². The number of carboxylic acids is 1. The largest absolute Gasteiger partial charge is 0.480 e. The zero-order valence-electron chi connectivity index (χ0n) is 10.9. The van der Waals surface area contributed by atoms with Gasteiger partial charge in [-0.25, -0.2) is 4.79 Å². The number of amides is 1. The Balaban J connectivity index is 3.04. The van der Waals surface area contributed by atoms with E-state index in [2.05, 4.69) is 5.32 Å². The molecule has 1 rings (SSSR count). The molecule has 1 aromatic rings. The van der Waals surface area contributed by atoms with Crippen molar-refractivity contribution >= 4 is 57.7 Å². The van der Waals surface area contributed by atoms with Gasteiger partial charge in [-0.15, -0.1) is 0 Å². The van der Waals surface area contributed by atoms with Crippen LogP contribution in [0.1, 0.15) is 30.6 Å². The van der Waals surface area contributed by atoms with Crippen molar-refractivity contribution < 1.29 is 14.7 Å². The third kappa shape index (κ3) is 4.23. The fourth-order valence-corrected chi connectivity index (χ4v) is 2.67. The van der Waals surface area contributed by atoms with Gasteiger partial charge < -0.3 is 10.4 Å². The average Bonchev–Trinajstić information content (AvgIpc) is 2.38. The van der Waals surface area contributed by atoms with Crippen LogP contribution in [0.15, 0.2) is 12.1 Å². The molecule has 7 heteroatoms. The van der Waals surface area contributed by atoms with Crippen molar-refractivity contribution in [1.29, 1.82) is 0 Å². The van der Waals surface area contributed by atoms with Crippen LogP contribution in [0.4, 0.5) is 0 Å². The molecule has 4 nitrogen and oxygen atoms in total. The van der Waals surface area contributed by atoms with E-state index in [9.17, 15) is 14.7 Å². The number of carbonyl (C=O) groups is 2. The van der Waals surface area contributed by atoms with Crippen LogP contribution in [0.25, 0.3) is 0 Å². The van der Waals surface area contributed by atoms with Crippen molar-refractivity contribution in [3.05, 3.63) is 31.3 Å². The quantitative estimate of drug-likeness (QED) is 0.552. The van der Waals surface area contributed by atoms with Crippen LogP contribution < -0.4 is 5.32 Å². The Morgan fingerprint density at radius 3 is 2.50 bits per heavy atom. The lowest BCUT2D eigenvalue weighted by molar-refractivity contribution is -0.140. The van der Waals surface area contributed by atoms with Gasteiger partial charge in [-0.05, 0) is 40.6 Å². The third-order valence-electron chi connectivity index (χ3n) is 3.00. The topological polar surface area (TPSA) is 66.4 Å². The number of benzene rings is 1. The fourth-order valence-electron chi connectivity index (χ4n) is 1.62. The van der Waals surface area contributed by atoms with E-state index in [1.165, 1.54) is 12.1 Å². The van der Waals surface area contributed by atoms with E-state index < -0.39 is 17.9 Å². The van der Waals surface area contributed by atoms with E-state index in [0.717, 1.165) is 0 Å². The van der Waals surface area contributed by atoms with Crippen molar-refractivity contribution in [2.24, 2.45) is 5.92 Å². The molecule has 110 valence electrons. The molecule has 2 N–H and O–H groups in total. The molecule has 20 heavy (non-hydrogen) atoms. The monoisotopic (exact) mass is 429 g/mol. The molecule has 0 aliphatic heterocycles. The summed E-state index contributed by atoms with van der Waals surface area (Å²) < 4.78 is 0.541. The van der Waals surface area contributed by atoms with Crippen LogP contribution in [-0.2, 0) is 4.79 Å². The molecule has 0 aliphatic rings. The number of carbonyl (C=O) groups excluding carboxylic acids is 1. The summed E-state index contributed by atoms with van der Waals surface area (Å²) in [6, 6.07) is 2.06. The van der Waals surface area contributed by atoms with E-state index in [4.69, 9.17) is 23.2 Å². The van der Waals surface area contributed by atoms with Gasteiger partial charge in [-0.1, -0.05) is 43.5 Å². The first-order valence-corrected chi connectivity index (χ1v) is 7.79. The Kier molecular flexibility index (Phi) is 6.54. The van der Waals surface area contributed by atoms with Crippen molar-refractivity contribution in [2.75, 3.05) is 0 Å². The normalized spacial score (nSPS) is 13.7. The van der Waals surface area contributed by atoms with Crippen molar-refractivity contribution in [1.82, 2.24) is 5.32 Å². The lowest BCUT2D eigenvalue weighted by Crippen LogP contribution is -2.45. The Labute approximate surface area is 141 Å². The third-order valence-corrected chi connectivity index (χ3v) is 5.00. The molecule has 1 aromatic carbocycles. The molecule has 0 aliphatic carbocycles.